The molecule has 70 valence electrons. The molecule has 2 N–H and O–H groups in total. The lowest BCUT2D eigenvalue weighted by molar-refractivity contribution is -0.139. The second kappa shape index (κ2) is 3.95. The molecule has 0 saturated carbocycles. The second-order valence-corrected chi connectivity index (χ2v) is 2.51. The average molecular weight is 185 g/mol. The number of hydrogen-bond acceptors (Lipinski definition) is 3. The Morgan fingerprint density at radius 1 is 1.69 bits per heavy atom. The number of aromatic nitrogens is 1. The minimum atomic E-state index is -1.32. The maximum absolute atomic E-state index is 12.9. The Labute approximate surface area is 73.7 Å². The van der Waals surface area contributed by atoms with Gasteiger partial charge in [-0.05, 0) is 6.07 Å². The zero-order chi connectivity index (χ0) is 9.84. The zero-order valence-electron chi connectivity index (χ0n) is 6.64. The van der Waals surface area contributed by atoms with Crippen molar-refractivity contribution in [2.75, 3.05) is 0 Å². The fourth-order valence-electron chi connectivity index (χ4n) is 0.932. The van der Waals surface area contributed by atoms with Gasteiger partial charge in [0.2, 0.25) is 0 Å². The number of hydrogen-bond donors (Lipinski definition) is 2. The highest BCUT2D eigenvalue weighted by Gasteiger charge is 2.15. The van der Waals surface area contributed by atoms with Crippen molar-refractivity contribution in [2.24, 2.45) is 0 Å². The molecule has 0 aliphatic heterocycles. The van der Waals surface area contributed by atoms with E-state index in [-0.39, 0.29) is 5.56 Å². The molecule has 0 radical (unpaired) electrons. The first kappa shape index (κ1) is 9.60. The van der Waals surface area contributed by atoms with Crippen LogP contribution in [0, 0.1) is 5.82 Å². The number of nitrogens with zero attached hydrogens (tertiary/aromatic N) is 1. The van der Waals surface area contributed by atoms with Gasteiger partial charge in [-0.1, -0.05) is 0 Å². The van der Waals surface area contributed by atoms with Crippen molar-refractivity contribution >= 4 is 5.97 Å². The molecule has 1 rings (SSSR count). The number of pyridine rings is 1. The Kier molecular flexibility index (Phi) is 2.92. The third-order valence-electron chi connectivity index (χ3n) is 1.53. The van der Waals surface area contributed by atoms with Gasteiger partial charge in [-0.3, -0.25) is 9.78 Å². The fourth-order valence-corrected chi connectivity index (χ4v) is 0.932. The molecule has 1 heterocycles. The van der Waals surface area contributed by atoms with E-state index in [0.29, 0.717) is 0 Å². The van der Waals surface area contributed by atoms with E-state index in [0.717, 1.165) is 6.20 Å². The molecule has 0 amide bonds. The minimum absolute atomic E-state index is 0.0441. The van der Waals surface area contributed by atoms with E-state index in [2.05, 4.69) is 4.98 Å². The molecule has 13 heavy (non-hydrogen) atoms. The molecule has 0 aliphatic rings. The normalized spacial score (nSPS) is 12.5. The highest BCUT2D eigenvalue weighted by molar-refractivity contribution is 5.67. The van der Waals surface area contributed by atoms with E-state index in [1.807, 2.05) is 0 Å². The molecule has 4 nitrogen and oxygen atoms in total. The van der Waals surface area contributed by atoms with Gasteiger partial charge in [0.15, 0.2) is 0 Å². The molecule has 1 aromatic rings. The van der Waals surface area contributed by atoms with E-state index in [1.165, 1.54) is 12.3 Å². The van der Waals surface area contributed by atoms with E-state index < -0.39 is 24.3 Å². The first-order valence-corrected chi connectivity index (χ1v) is 3.60. The summed E-state index contributed by atoms with van der Waals surface area (Å²) in [7, 11) is 0. The van der Waals surface area contributed by atoms with Crippen LogP contribution in [-0.4, -0.2) is 21.2 Å². The average Bonchev–Trinajstić information content (AvgIpc) is 2.03. The summed E-state index contributed by atoms with van der Waals surface area (Å²) in [6, 6.07) is 1.25. The molecular weight excluding hydrogens is 177 g/mol. The van der Waals surface area contributed by atoms with Crippen molar-refractivity contribution in [3.63, 3.8) is 0 Å². The summed E-state index contributed by atoms with van der Waals surface area (Å²) >= 11 is 0. The Bertz CT molecular complexity index is 316. The monoisotopic (exact) mass is 185 g/mol. The van der Waals surface area contributed by atoms with Gasteiger partial charge in [-0.25, -0.2) is 4.39 Å². The van der Waals surface area contributed by atoms with Gasteiger partial charge in [0.05, 0.1) is 18.7 Å². The van der Waals surface area contributed by atoms with Gasteiger partial charge in [-0.15, -0.1) is 0 Å². The summed E-state index contributed by atoms with van der Waals surface area (Å²) in [4.78, 5) is 13.7. The molecule has 0 saturated heterocycles. The number of aliphatic hydroxyl groups is 1. The second-order valence-electron chi connectivity index (χ2n) is 2.51. The van der Waals surface area contributed by atoms with Crippen molar-refractivity contribution in [1.82, 2.24) is 4.98 Å². The zero-order valence-corrected chi connectivity index (χ0v) is 6.64. The number of halogens is 1. The minimum Gasteiger partial charge on any atom is -0.481 e. The van der Waals surface area contributed by atoms with Crippen LogP contribution in [0.1, 0.15) is 18.1 Å². The topological polar surface area (TPSA) is 70.4 Å². The van der Waals surface area contributed by atoms with Crippen LogP contribution in [0.15, 0.2) is 18.5 Å². The summed E-state index contributed by atoms with van der Waals surface area (Å²) in [5, 5.41) is 17.6. The molecule has 0 aliphatic carbocycles. The number of carboxylic acid groups (broad SMARTS) is 1. The van der Waals surface area contributed by atoms with Gasteiger partial charge in [0.1, 0.15) is 5.82 Å². The van der Waals surface area contributed by atoms with Crippen LogP contribution in [0.5, 0.6) is 0 Å². The van der Waals surface area contributed by atoms with E-state index in [9.17, 15) is 14.3 Å². The van der Waals surface area contributed by atoms with Crippen LogP contribution < -0.4 is 0 Å². The number of carboxylic acids is 1. The van der Waals surface area contributed by atoms with Crippen LogP contribution in [-0.2, 0) is 4.79 Å². The molecule has 5 heteroatoms. The molecule has 0 aromatic carbocycles. The van der Waals surface area contributed by atoms with Crippen molar-refractivity contribution in [1.29, 1.82) is 0 Å². The summed E-state index contributed by atoms with van der Waals surface area (Å²) in [6.07, 6.45) is 0.394. The first-order chi connectivity index (χ1) is 6.11. The van der Waals surface area contributed by atoms with Crippen molar-refractivity contribution in [2.45, 2.75) is 12.5 Å². The van der Waals surface area contributed by atoms with Gasteiger partial charge in [0, 0.05) is 11.8 Å². The Morgan fingerprint density at radius 2 is 2.38 bits per heavy atom. The highest BCUT2D eigenvalue weighted by Crippen LogP contribution is 2.18. The van der Waals surface area contributed by atoms with Gasteiger partial charge in [0.25, 0.3) is 0 Å². The third kappa shape index (κ3) is 2.48. The first-order valence-electron chi connectivity index (χ1n) is 3.60. The number of aliphatic hydroxyl groups excluding tert-OH is 1. The molecule has 0 unspecified atom stereocenters. The van der Waals surface area contributed by atoms with E-state index in [1.54, 1.807) is 0 Å². The lowest BCUT2D eigenvalue weighted by atomic mass is 10.1. The largest absolute Gasteiger partial charge is 0.481 e. The third-order valence-corrected chi connectivity index (χ3v) is 1.53. The Balaban J connectivity index is 2.82. The van der Waals surface area contributed by atoms with E-state index >= 15 is 0 Å². The van der Waals surface area contributed by atoms with Crippen LogP contribution in [0.4, 0.5) is 4.39 Å². The van der Waals surface area contributed by atoms with Crippen molar-refractivity contribution in [3.8, 4) is 0 Å². The Morgan fingerprint density at radius 3 is 2.92 bits per heavy atom. The maximum Gasteiger partial charge on any atom is 0.306 e. The van der Waals surface area contributed by atoms with Crippen molar-refractivity contribution < 1.29 is 19.4 Å². The molecule has 0 fully saturated rings. The number of carbonyl (C=O) groups is 1. The smallest absolute Gasteiger partial charge is 0.306 e. The van der Waals surface area contributed by atoms with Crippen molar-refractivity contribution in [3.05, 3.63) is 29.8 Å². The Hall–Kier alpha value is -1.49. The highest BCUT2D eigenvalue weighted by atomic mass is 19.1. The number of rotatable bonds is 3. The quantitative estimate of drug-likeness (QED) is 0.728. The summed E-state index contributed by atoms with van der Waals surface area (Å²) < 4.78 is 12.9. The maximum atomic E-state index is 12.9. The summed E-state index contributed by atoms with van der Waals surface area (Å²) in [5.74, 6) is -1.88. The molecule has 1 atom stereocenters. The molecule has 0 bridgehead atoms. The fraction of sp³-hybridized carbons (Fsp3) is 0.250. The standard InChI is InChI=1S/C8H8FNO3/c9-6-4-10-2-1-5(6)7(11)3-8(12)13/h1-2,4,7,11H,3H2,(H,12,13)/t7-/m1/s1. The summed E-state index contributed by atoms with van der Waals surface area (Å²) in [5.41, 5.74) is -0.0441. The molecule has 1 aromatic heterocycles. The lowest BCUT2D eigenvalue weighted by Crippen LogP contribution is -2.07. The van der Waals surface area contributed by atoms with Gasteiger partial charge < -0.3 is 10.2 Å². The summed E-state index contributed by atoms with van der Waals surface area (Å²) in [6.45, 7) is 0. The molecule has 0 spiro atoms. The lowest BCUT2D eigenvalue weighted by Gasteiger charge is -2.07. The SMILES string of the molecule is O=C(O)C[C@@H](O)c1ccncc1F. The van der Waals surface area contributed by atoms with Gasteiger partial charge in [-0.2, -0.15) is 0 Å². The predicted octanol–water partition coefficient (Wildman–Crippen LogP) is 0.729. The van der Waals surface area contributed by atoms with E-state index in [4.69, 9.17) is 5.11 Å². The molecular formula is C8H8FNO3. The predicted molar refractivity (Wildman–Crippen MR) is 41.4 cm³/mol. The van der Waals surface area contributed by atoms with Crippen LogP contribution in [0.2, 0.25) is 0 Å². The van der Waals surface area contributed by atoms with Crippen LogP contribution >= 0.6 is 0 Å². The van der Waals surface area contributed by atoms with Crippen LogP contribution in [0.3, 0.4) is 0 Å². The number of aliphatic carboxylic acids is 1. The van der Waals surface area contributed by atoms with Gasteiger partial charge >= 0.3 is 5.97 Å². The van der Waals surface area contributed by atoms with Crippen LogP contribution in [0.25, 0.3) is 0 Å².